The average molecular weight is 979 g/mol. The molecule has 2 nitrogen and oxygen atoms in total. The van der Waals surface area contributed by atoms with E-state index in [0.717, 1.165) is 51.6 Å². The number of benzene rings is 10. The molecule has 0 saturated heterocycles. The monoisotopic (exact) mass is 978 g/mol. The van der Waals surface area contributed by atoms with E-state index in [1.807, 2.05) is 0 Å². The van der Waals surface area contributed by atoms with Gasteiger partial charge < -0.3 is 9.80 Å². The molecule has 3 aliphatic carbocycles. The van der Waals surface area contributed by atoms with Gasteiger partial charge in [-0.05, 0) is 215 Å². The number of allylic oxidation sites excluding steroid dienone is 4. The number of rotatable bonds is 6. The topological polar surface area (TPSA) is 6.48 Å². The number of anilines is 3. The van der Waals surface area contributed by atoms with E-state index in [1.165, 1.54) is 144 Å². The van der Waals surface area contributed by atoms with Gasteiger partial charge in [0.25, 0.3) is 0 Å². The molecule has 0 radical (unpaired) electrons. The molecule has 15 rings (SSSR count). The molecule has 2 heterocycles. The van der Waals surface area contributed by atoms with Gasteiger partial charge in [0.2, 0.25) is 0 Å². The number of aryl methyl sites for hydroxylation is 1. The second kappa shape index (κ2) is 17.2. The Labute approximate surface area is 448 Å². The van der Waals surface area contributed by atoms with E-state index in [1.54, 1.807) is 0 Å². The zero-order valence-electron chi connectivity index (χ0n) is 44.2. The first kappa shape index (κ1) is 45.2. The van der Waals surface area contributed by atoms with E-state index in [2.05, 4.69) is 244 Å². The molecule has 0 N–H and O–H groups in total. The van der Waals surface area contributed by atoms with Crippen LogP contribution < -0.4 is 9.80 Å². The van der Waals surface area contributed by atoms with E-state index in [9.17, 15) is 0 Å². The molecular formula is C74H62N2. The van der Waals surface area contributed by atoms with Gasteiger partial charge in [-0.1, -0.05) is 179 Å². The maximum absolute atomic E-state index is 2.65. The average Bonchev–Trinajstić information content (AvgIpc) is 3.96. The predicted molar refractivity (Wildman–Crippen MR) is 322 cm³/mol. The normalized spacial score (nSPS) is 16.6. The molecule has 2 aliphatic heterocycles. The minimum Gasteiger partial charge on any atom is -0.345 e. The molecule has 0 bridgehead atoms. The lowest BCUT2D eigenvalue weighted by molar-refractivity contribution is 0.660. The van der Waals surface area contributed by atoms with E-state index >= 15 is 0 Å². The second-order valence-corrected chi connectivity index (χ2v) is 23.3. The van der Waals surface area contributed by atoms with Gasteiger partial charge in [0.05, 0.1) is 0 Å². The molecule has 10 aromatic carbocycles. The molecule has 0 unspecified atom stereocenters. The SMILES string of the molecule is CC1(C)c2ccccc2-c2ccc(-c3cccc(-c4c5ccc(N6CCCc7ccccc76)cc5c(-c5cccc(-c6ccc7c(c6)C(C)(C)c6ccccc6-7)c5)c5ccc(N6CCCC7=C6CCC=C7)cc45)c3)cc21. The van der Waals surface area contributed by atoms with Gasteiger partial charge >= 0.3 is 0 Å². The highest BCUT2D eigenvalue weighted by Gasteiger charge is 2.37. The Morgan fingerprint density at radius 2 is 0.868 bits per heavy atom. The van der Waals surface area contributed by atoms with Crippen molar-refractivity contribution in [3.8, 4) is 66.8 Å². The Balaban J connectivity index is 0.967. The molecule has 0 saturated carbocycles. The fraction of sp³-hybridized carbons (Fsp3) is 0.189. The van der Waals surface area contributed by atoms with Crippen molar-refractivity contribution in [2.75, 3.05) is 22.9 Å². The number of hydrogen-bond donors (Lipinski definition) is 0. The van der Waals surface area contributed by atoms with E-state index in [0.29, 0.717) is 0 Å². The lowest BCUT2D eigenvalue weighted by Crippen LogP contribution is -2.29. The largest absolute Gasteiger partial charge is 0.345 e. The highest BCUT2D eigenvalue weighted by molar-refractivity contribution is 6.23. The Hall–Kier alpha value is -8.20. The molecular weight excluding hydrogens is 917 g/mol. The molecule has 0 spiro atoms. The third kappa shape index (κ3) is 6.92. The summed E-state index contributed by atoms with van der Waals surface area (Å²) in [7, 11) is 0. The summed E-state index contributed by atoms with van der Waals surface area (Å²) in [5.74, 6) is 0. The first-order valence-electron chi connectivity index (χ1n) is 27.9. The van der Waals surface area contributed by atoms with Crippen molar-refractivity contribution in [3.05, 3.63) is 245 Å². The van der Waals surface area contributed by atoms with Crippen LogP contribution in [0.25, 0.3) is 88.3 Å². The molecule has 5 aliphatic rings. The van der Waals surface area contributed by atoms with Crippen molar-refractivity contribution in [2.24, 2.45) is 0 Å². The molecule has 76 heavy (non-hydrogen) atoms. The third-order valence-electron chi connectivity index (χ3n) is 18.3. The van der Waals surface area contributed by atoms with Crippen molar-refractivity contribution in [1.82, 2.24) is 0 Å². The van der Waals surface area contributed by atoms with Gasteiger partial charge in [0.15, 0.2) is 0 Å². The zero-order valence-corrected chi connectivity index (χ0v) is 44.2. The van der Waals surface area contributed by atoms with Crippen LogP contribution >= 0.6 is 0 Å². The molecule has 0 aromatic heterocycles. The van der Waals surface area contributed by atoms with Crippen molar-refractivity contribution >= 4 is 38.6 Å². The van der Waals surface area contributed by atoms with E-state index in [-0.39, 0.29) is 10.8 Å². The Morgan fingerprint density at radius 1 is 0.368 bits per heavy atom. The predicted octanol–water partition coefficient (Wildman–Crippen LogP) is 19.6. The number of fused-ring (bicyclic) bond motifs is 9. The Bertz CT molecular complexity index is 4140. The summed E-state index contributed by atoms with van der Waals surface area (Å²) in [6, 6.07) is 75.2. The molecule has 0 fully saturated rings. The fourth-order valence-electron chi connectivity index (χ4n) is 14.5. The first-order chi connectivity index (χ1) is 37.2. The van der Waals surface area contributed by atoms with Crippen LogP contribution in [0, 0.1) is 0 Å². The van der Waals surface area contributed by atoms with Gasteiger partial charge in [-0.15, -0.1) is 0 Å². The summed E-state index contributed by atoms with van der Waals surface area (Å²) in [4.78, 5) is 5.23. The minimum absolute atomic E-state index is 0.0804. The quantitative estimate of drug-likeness (QED) is 0.153. The molecule has 2 heteroatoms. The van der Waals surface area contributed by atoms with Gasteiger partial charge in [0, 0.05) is 46.7 Å². The van der Waals surface area contributed by atoms with Crippen LogP contribution in [0.15, 0.2) is 218 Å². The molecule has 0 amide bonds. The lowest BCUT2D eigenvalue weighted by Gasteiger charge is -2.35. The van der Waals surface area contributed by atoms with Crippen LogP contribution in [0.3, 0.4) is 0 Å². The zero-order chi connectivity index (χ0) is 50.9. The highest BCUT2D eigenvalue weighted by atomic mass is 15.2. The van der Waals surface area contributed by atoms with Crippen LogP contribution in [-0.2, 0) is 17.3 Å². The molecule has 0 atom stereocenters. The fourth-order valence-corrected chi connectivity index (χ4v) is 14.5. The number of nitrogens with zero attached hydrogens (tertiary/aromatic N) is 2. The molecule has 10 aromatic rings. The van der Waals surface area contributed by atoms with Gasteiger partial charge in [-0.2, -0.15) is 0 Å². The summed E-state index contributed by atoms with van der Waals surface area (Å²) in [6.45, 7) is 11.6. The van der Waals surface area contributed by atoms with E-state index < -0.39 is 0 Å². The highest BCUT2D eigenvalue weighted by Crippen LogP contribution is 2.53. The van der Waals surface area contributed by atoms with Crippen LogP contribution in [0.1, 0.15) is 87.6 Å². The summed E-state index contributed by atoms with van der Waals surface area (Å²) in [6.07, 6.45) is 11.5. The Morgan fingerprint density at radius 3 is 1.49 bits per heavy atom. The molecule has 368 valence electrons. The van der Waals surface area contributed by atoms with Crippen LogP contribution in [0.5, 0.6) is 0 Å². The lowest BCUT2D eigenvalue weighted by atomic mass is 9.81. The van der Waals surface area contributed by atoms with Gasteiger partial charge in [-0.25, -0.2) is 0 Å². The smallest absolute Gasteiger partial charge is 0.0443 e. The summed E-state index contributed by atoms with van der Waals surface area (Å²) >= 11 is 0. The standard InChI is InChI=1S/C74H62N2/c1-73(2)65-27-9-7-25-57(65)59-35-31-51(43-67(59)73)49-19-13-21-53(41-49)71-61-37-33-56(76-40-16-24-48-18-6-12-30-70(48)76)46-64(61)72(62-38-34-55(45-63(62)71)75-39-15-23-47-17-5-11-29-69(47)75)54-22-14-20-50(42-54)52-32-36-60-58-26-8-10-28-66(58)74(3,4)68(60)44-52/h5-11,13-14,17-22,25-29,31-38,41-46H,12,15-16,23-24,30,39-40H2,1-4H3. The second-order valence-electron chi connectivity index (χ2n) is 23.3. The van der Waals surface area contributed by atoms with Gasteiger partial charge in [-0.3, -0.25) is 0 Å². The number of hydrogen-bond acceptors (Lipinski definition) is 2. The summed E-state index contributed by atoms with van der Waals surface area (Å²) in [5.41, 5.74) is 29.2. The van der Waals surface area contributed by atoms with Crippen molar-refractivity contribution in [2.45, 2.75) is 77.0 Å². The van der Waals surface area contributed by atoms with Crippen LogP contribution in [0.2, 0.25) is 0 Å². The Kier molecular flexibility index (Phi) is 10.2. The minimum atomic E-state index is -0.0810. The van der Waals surface area contributed by atoms with Crippen LogP contribution in [0.4, 0.5) is 17.1 Å². The van der Waals surface area contributed by atoms with Crippen molar-refractivity contribution in [3.63, 3.8) is 0 Å². The van der Waals surface area contributed by atoms with Crippen molar-refractivity contribution < 1.29 is 0 Å². The maximum atomic E-state index is 2.65. The number of para-hydroxylation sites is 1. The van der Waals surface area contributed by atoms with Gasteiger partial charge in [0.1, 0.15) is 0 Å². The first-order valence-corrected chi connectivity index (χ1v) is 27.9. The summed E-state index contributed by atoms with van der Waals surface area (Å²) < 4.78 is 0. The third-order valence-corrected chi connectivity index (χ3v) is 18.3. The summed E-state index contributed by atoms with van der Waals surface area (Å²) in [5, 5.41) is 5.13. The van der Waals surface area contributed by atoms with E-state index in [4.69, 9.17) is 0 Å². The van der Waals surface area contributed by atoms with Crippen LogP contribution in [-0.4, -0.2) is 13.1 Å². The maximum Gasteiger partial charge on any atom is 0.0443 e. The van der Waals surface area contributed by atoms with Crippen molar-refractivity contribution in [1.29, 1.82) is 0 Å².